The molecule has 3 unspecified atom stereocenters. The van der Waals surface area contributed by atoms with Crippen LogP contribution in [0.2, 0.25) is 0 Å². The lowest BCUT2D eigenvalue weighted by atomic mass is 9.67. The second-order valence-corrected chi connectivity index (χ2v) is 7.60. The standard InChI is InChI=1S/C17H36N4/c1-15-6-5-7-17(14-18,16(15)2)21-12-10-20(11-13-21)9-8-19(3)4/h15-16H,5-14,18H2,1-4H3. The first kappa shape index (κ1) is 17.2. The topological polar surface area (TPSA) is 35.7 Å². The van der Waals surface area contributed by atoms with Crippen molar-refractivity contribution in [2.24, 2.45) is 17.6 Å². The van der Waals surface area contributed by atoms with Crippen molar-refractivity contribution in [3.05, 3.63) is 0 Å². The van der Waals surface area contributed by atoms with Crippen LogP contribution in [-0.2, 0) is 0 Å². The van der Waals surface area contributed by atoms with Crippen LogP contribution >= 0.6 is 0 Å². The van der Waals surface area contributed by atoms with E-state index in [0.717, 1.165) is 24.9 Å². The minimum absolute atomic E-state index is 0.269. The molecule has 0 bridgehead atoms. The van der Waals surface area contributed by atoms with Crippen LogP contribution in [0.4, 0.5) is 0 Å². The first-order valence-electron chi connectivity index (χ1n) is 8.82. The first-order chi connectivity index (χ1) is 9.99. The van der Waals surface area contributed by atoms with Gasteiger partial charge in [0, 0.05) is 51.4 Å². The molecule has 0 spiro atoms. The van der Waals surface area contributed by atoms with Crippen LogP contribution < -0.4 is 5.73 Å². The second-order valence-electron chi connectivity index (χ2n) is 7.60. The van der Waals surface area contributed by atoms with E-state index in [2.05, 4.69) is 42.6 Å². The van der Waals surface area contributed by atoms with Gasteiger partial charge in [-0.3, -0.25) is 9.80 Å². The van der Waals surface area contributed by atoms with E-state index in [9.17, 15) is 0 Å². The van der Waals surface area contributed by atoms with E-state index in [1.807, 2.05) is 0 Å². The predicted molar refractivity (Wildman–Crippen MR) is 90.5 cm³/mol. The van der Waals surface area contributed by atoms with Gasteiger partial charge in [0.25, 0.3) is 0 Å². The Morgan fingerprint density at radius 3 is 2.38 bits per heavy atom. The van der Waals surface area contributed by atoms with Crippen LogP contribution in [0.3, 0.4) is 0 Å². The summed E-state index contributed by atoms with van der Waals surface area (Å²) in [6.07, 6.45) is 4.03. The molecule has 0 aromatic heterocycles. The van der Waals surface area contributed by atoms with Crippen molar-refractivity contribution in [2.45, 2.75) is 38.6 Å². The third-order valence-corrected chi connectivity index (χ3v) is 6.19. The Labute approximate surface area is 131 Å². The van der Waals surface area contributed by atoms with Gasteiger partial charge in [0.2, 0.25) is 0 Å². The molecule has 21 heavy (non-hydrogen) atoms. The zero-order chi connectivity index (χ0) is 15.5. The van der Waals surface area contributed by atoms with Gasteiger partial charge in [-0.1, -0.05) is 26.7 Å². The van der Waals surface area contributed by atoms with Crippen molar-refractivity contribution in [3.8, 4) is 0 Å². The fourth-order valence-corrected chi connectivity index (χ4v) is 4.36. The molecular weight excluding hydrogens is 260 g/mol. The van der Waals surface area contributed by atoms with Crippen LogP contribution in [0.5, 0.6) is 0 Å². The Balaban J connectivity index is 1.93. The fourth-order valence-electron chi connectivity index (χ4n) is 4.36. The summed E-state index contributed by atoms with van der Waals surface area (Å²) < 4.78 is 0. The summed E-state index contributed by atoms with van der Waals surface area (Å²) in [4.78, 5) is 7.62. The summed E-state index contributed by atoms with van der Waals surface area (Å²) in [5.41, 5.74) is 6.56. The van der Waals surface area contributed by atoms with E-state index in [-0.39, 0.29) is 5.54 Å². The molecule has 1 heterocycles. The average Bonchev–Trinajstić information content (AvgIpc) is 2.49. The highest BCUT2D eigenvalue weighted by Crippen LogP contribution is 2.41. The number of hydrogen-bond acceptors (Lipinski definition) is 4. The van der Waals surface area contributed by atoms with Gasteiger partial charge in [-0.05, 0) is 32.4 Å². The number of piperazine rings is 1. The van der Waals surface area contributed by atoms with Crippen LogP contribution in [0, 0.1) is 11.8 Å². The Bertz CT molecular complexity index is 312. The largest absolute Gasteiger partial charge is 0.329 e. The van der Waals surface area contributed by atoms with Crippen molar-refractivity contribution in [3.63, 3.8) is 0 Å². The number of nitrogens with two attached hydrogens (primary N) is 1. The lowest BCUT2D eigenvalue weighted by molar-refractivity contribution is -0.0374. The van der Waals surface area contributed by atoms with E-state index >= 15 is 0 Å². The Kier molecular flexibility index (Phi) is 6.06. The maximum absolute atomic E-state index is 6.29. The Morgan fingerprint density at radius 2 is 1.81 bits per heavy atom. The highest BCUT2D eigenvalue weighted by Gasteiger charge is 2.45. The van der Waals surface area contributed by atoms with Gasteiger partial charge in [-0.2, -0.15) is 0 Å². The van der Waals surface area contributed by atoms with E-state index in [1.165, 1.54) is 52.0 Å². The van der Waals surface area contributed by atoms with Gasteiger partial charge in [0.1, 0.15) is 0 Å². The SMILES string of the molecule is CC1CCCC(CN)(N2CCN(CCN(C)C)CC2)C1C. The summed E-state index contributed by atoms with van der Waals surface area (Å²) in [6, 6.07) is 0. The maximum Gasteiger partial charge on any atom is 0.0360 e. The zero-order valence-electron chi connectivity index (χ0n) is 14.6. The van der Waals surface area contributed by atoms with Crippen LogP contribution in [0.1, 0.15) is 33.1 Å². The lowest BCUT2D eigenvalue weighted by Gasteiger charge is -2.54. The van der Waals surface area contributed by atoms with E-state index in [1.54, 1.807) is 0 Å². The molecule has 2 rings (SSSR count). The Morgan fingerprint density at radius 1 is 1.14 bits per heavy atom. The van der Waals surface area contributed by atoms with Crippen molar-refractivity contribution in [1.82, 2.24) is 14.7 Å². The molecule has 4 heteroatoms. The monoisotopic (exact) mass is 296 g/mol. The third-order valence-electron chi connectivity index (χ3n) is 6.19. The zero-order valence-corrected chi connectivity index (χ0v) is 14.6. The molecule has 1 saturated heterocycles. The van der Waals surface area contributed by atoms with E-state index in [0.29, 0.717) is 0 Å². The number of nitrogens with zero attached hydrogens (tertiary/aromatic N) is 3. The summed E-state index contributed by atoms with van der Waals surface area (Å²) >= 11 is 0. The average molecular weight is 297 g/mol. The second kappa shape index (κ2) is 7.40. The van der Waals surface area contributed by atoms with Gasteiger partial charge < -0.3 is 10.6 Å². The van der Waals surface area contributed by atoms with Crippen molar-refractivity contribution in [2.75, 3.05) is 59.9 Å². The van der Waals surface area contributed by atoms with Gasteiger partial charge in [0.05, 0.1) is 0 Å². The molecule has 4 nitrogen and oxygen atoms in total. The molecule has 0 aromatic carbocycles. The number of hydrogen-bond donors (Lipinski definition) is 1. The van der Waals surface area contributed by atoms with Crippen LogP contribution in [0.15, 0.2) is 0 Å². The summed E-state index contributed by atoms with van der Waals surface area (Å²) in [6.45, 7) is 12.8. The highest BCUT2D eigenvalue weighted by atomic mass is 15.3. The molecule has 1 aliphatic heterocycles. The molecule has 1 saturated carbocycles. The smallest absolute Gasteiger partial charge is 0.0360 e. The summed E-state index contributed by atoms with van der Waals surface area (Å²) in [7, 11) is 4.32. The summed E-state index contributed by atoms with van der Waals surface area (Å²) in [5.74, 6) is 1.54. The fraction of sp³-hybridized carbons (Fsp3) is 1.00. The molecule has 0 aromatic rings. The van der Waals surface area contributed by atoms with Gasteiger partial charge >= 0.3 is 0 Å². The maximum atomic E-state index is 6.29. The number of rotatable bonds is 5. The molecule has 2 N–H and O–H groups in total. The molecule has 2 aliphatic rings. The normalized spacial score (nSPS) is 36.3. The predicted octanol–water partition coefficient (Wildman–Crippen LogP) is 1.32. The van der Waals surface area contributed by atoms with E-state index < -0.39 is 0 Å². The summed E-state index contributed by atoms with van der Waals surface area (Å²) in [5, 5.41) is 0. The molecule has 2 fully saturated rings. The minimum Gasteiger partial charge on any atom is -0.329 e. The highest BCUT2D eigenvalue weighted by molar-refractivity contribution is 5.01. The van der Waals surface area contributed by atoms with Gasteiger partial charge in [-0.15, -0.1) is 0 Å². The quantitative estimate of drug-likeness (QED) is 0.830. The molecule has 0 radical (unpaired) electrons. The van der Waals surface area contributed by atoms with Gasteiger partial charge in [-0.25, -0.2) is 0 Å². The Hall–Kier alpha value is -0.160. The van der Waals surface area contributed by atoms with Crippen LogP contribution in [-0.4, -0.2) is 80.1 Å². The number of likely N-dealkylation sites (N-methyl/N-ethyl adjacent to an activating group) is 1. The van der Waals surface area contributed by atoms with Gasteiger partial charge in [0.15, 0.2) is 0 Å². The molecule has 0 amide bonds. The van der Waals surface area contributed by atoms with Crippen LogP contribution in [0.25, 0.3) is 0 Å². The molecule has 124 valence electrons. The first-order valence-corrected chi connectivity index (χ1v) is 8.82. The van der Waals surface area contributed by atoms with Crippen molar-refractivity contribution >= 4 is 0 Å². The molecular formula is C17H36N4. The van der Waals surface area contributed by atoms with Crippen molar-refractivity contribution in [1.29, 1.82) is 0 Å². The minimum atomic E-state index is 0.269. The lowest BCUT2D eigenvalue weighted by Crippen LogP contribution is -2.65. The van der Waals surface area contributed by atoms with Crippen molar-refractivity contribution < 1.29 is 0 Å². The molecule has 3 atom stereocenters. The third kappa shape index (κ3) is 3.79. The molecule has 1 aliphatic carbocycles. The van der Waals surface area contributed by atoms with E-state index in [4.69, 9.17) is 5.73 Å².